The highest BCUT2D eigenvalue weighted by molar-refractivity contribution is 14.0. The summed E-state index contributed by atoms with van der Waals surface area (Å²) in [6, 6.07) is 0.582. The first-order valence-corrected chi connectivity index (χ1v) is 7.19. The van der Waals surface area contributed by atoms with Crippen LogP contribution in [0.1, 0.15) is 32.6 Å². The van der Waals surface area contributed by atoms with Crippen molar-refractivity contribution >= 4 is 29.9 Å². The van der Waals surface area contributed by atoms with Crippen LogP contribution in [0.5, 0.6) is 0 Å². The maximum atomic E-state index is 5.88. The van der Waals surface area contributed by atoms with E-state index in [4.69, 9.17) is 10.5 Å². The van der Waals surface area contributed by atoms with Crippen molar-refractivity contribution < 1.29 is 4.74 Å². The van der Waals surface area contributed by atoms with Gasteiger partial charge in [-0.15, -0.1) is 24.0 Å². The van der Waals surface area contributed by atoms with E-state index in [9.17, 15) is 0 Å². The van der Waals surface area contributed by atoms with Gasteiger partial charge in [0.2, 0.25) is 0 Å². The quantitative estimate of drug-likeness (QED) is 0.426. The third-order valence-electron chi connectivity index (χ3n) is 3.91. The molecule has 0 aliphatic carbocycles. The SMILES string of the molecule is CCN1CCCC1CN=C(N)NCC1CCCO1.I. The van der Waals surface area contributed by atoms with Crippen molar-refractivity contribution in [3.8, 4) is 0 Å². The first-order valence-electron chi connectivity index (χ1n) is 7.19. The normalized spacial score (nSPS) is 28.4. The van der Waals surface area contributed by atoms with Crippen LogP contribution in [0.4, 0.5) is 0 Å². The van der Waals surface area contributed by atoms with Gasteiger partial charge in [-0.2, -0.15) is 0 Å². The van der Waals surface area contributed by atoms with E-state index in [0.717, 1.165) is 39.1 Å². The number of likely N-dealkylation sites (N-methyl/N-ethyl adjacent to an activating group) is 1. The lowest BCUT2D eigenvalue weighted by Gasteiger charge is -2.21. The van der Waals surface area contributed by atoms with Crippen LogP contribution >= 0.6 is 24.0 Å². The highest BCUT2D eigenvalue weighted by Crippen LogP contribution is 2.16. The number of hydrogen-bond acceptors (Lipinski definition) is 3. The van der Waals surface area contributed by atoms with Gasteiger partial charge in [0, 0.05) is 19.2 Å². The Hall–Kier alpha value is -0.0800. The number of hydrogen-bond donors (Lipinski definition) is 2. The molecule has 0 saturated carbocycles. The van der Waals surface area contributed by atoms with Crippen LogP contribution in [0.15, 0.2) is 4.99 Å². The zero-order chi connectivity index (χ0) is 12.8. The van der Waals surface area contributed by atoms with Gasteiger partial charge in [-0.05, 0) is 38.8 Å². The predicted octanol–water partition coefficient (Wildman–Crippen LogP) is 1.17. The molecule has 2 rings (SSSR count). The zero-order valence-electron chi connectivity index (χ0n) is 11.8. The van der Waals surface area contributed by atoms with Gasteiger partial charge in [0.25, 0.3) is 0 Å². The molecule has 5 nitrogen and oxygen atoms in total. The number of aliphatic imine (C=N–C) groups is 1. The zero-order valence-corrected chi connectivity index (χ0v) is 14.1. The molecule has 2 aliphatic rings. The van der Waals surface area contributed by atoms with Crippen LogP contribution in [0, 0.1) is 0 Å². The number of nitrogens with two attached hydrogens (primary N) is 1. The largest absolute Gasteiger partial charge is 0.376 e. The molecule has 2 saturated heterocycles. The molecule has 0 aromatic carbocycles. The average molecular weight is 382 g/mol. The van der Waals surface area contributed by atoms with Crippen LogP contribution in [0.3, 0.4) is 0 Å². The van der Waals surface area contributed by atoms with E-state index in [1.54, 1.807) is 0 Å². The van der Waals surface area contributed by atoms with Gasteiger partial charge in [0.15, 0.2) is 5.96 Å². The molecule has 112 valence electrons. The van der Waals surface area contributed by atoms with Crippen molar-refractivity contribution in [3.63, 3.8) is 0 Å². The van der Waals surface area contributed by atoms with Crippen LogP contribution in [-0.4, -0.2) is 55.8 Å². The first-order chi connectivity index (χ1) is 8.79. The molecular formula is C13H27IN4O. The Bertz CT molecular complexity index is 282. The molecule has 2 heterocycles. The molecule has 2 unspecified atom stereocenters. The van der Waals surface area contributed by atoms with Gasteiger partial charge < -0.3 is 15.8 Å². The Kier molecular flexibility index (Phi) is 8.01. The van der Waals surface area contributed by atoms with E-state index in [1.165, 1.54) is 19.4 Å². The van der Waals surface area contributed by atoms with E-state index in [2.05, 4.69) is 22.1 Å². The summed E-state index contributed by atoms with van der Waals surface area (Å²) in [6.45, 7) is 7.02. The van der Waals surface area contributed by atoms with Gasteiger partial charge in [-0.25, -0.2) is 0 Å². The molecule has 6 heteroatoms. The Morgan fingerprint density at radius 1 is 1.42 bits per heavy atom. The van der Waals surface area contributed by atoms with Gasteiger partial charge in [0.1, 0.15) is 0 Å². The predicted molar refractivity (Wildman–Crippen MR) is 89.2 cm³/mol. The third-order valence-corrected chi connectivity index (χ3v) is 3.91. The van der Waals surface area contributed by atoms with E-state index < -0.39 is 0 Å². The third kappa shape index (κ3) is 5.43. The molecule has 0 bridgehead atoms. The van der Waals surface area contributed by atoms with E-state index in [1.807, 2.05) is 0 Å². The van der Waals surface area contributed by atoms with Gasteiger partial charge >= 0.3 is 0 Å². The topological polar surface area (TPSA) is 62.9 Å². The summed E-state index contributed by atoms with van der Waals surface area (Å²) in [7, 11) is 0. The fourth-order valence-electron chi connectivity index (χ4n) is 2.80. The molecule has 2 aliphatic heterocycles. The van der Waals surface area contributed by atoms with Crippen LogP contribution in [0.2, 0.25) is 0 Å². The smallest absolute Gasteiger partial charge is 0.188 e. The number of nitrogens with one attached hydrogen (secondary N) is 1. The Morgan fingerprint density at radius 3 is 2.95 bits per heavy atom. The number of ether oxygens (including phenoxy) is 1. The minimum atomic E-state index is 0. The van der Waals surface area contributed by atoms with Crippen LogP contribution in [0.25, 0.3) is 0 Å². The molecule has 0 radical (unpaired) electrons. The number of nitrogens with zero attached hydrogens (tertiary/aromatic N) is 2. The van der Waals surface area contributed by atoms with Crippen molar-refractivity contribution in [1.82, 2.24) is 10.2 Å². The van der Waals surface area contributed by atoms with Gasteiger partial charge in [0.05, 0.1) is 12.6 Å². The van der Waals surface area contributed by atoms with E-state index in [0.29, 0.717) is 18.1 Å². The molecule has 2 fully saturated rings. The first kappa shape index (κ1) is 17.0. The van der Waals surface area contributed by atoms with Crippen molar-refractivity contribution in [1.29, 1.82) is 0 Å². The standard InChI is InChI=1S/C13H26N4O.HI/c1-2-17-7-3-5-11(17)9-15-13(14)16-10-12-6-4-8-18-12;/h11-12H,2-10H2,1H3,(H3,14,15,16);1H. The van der Waals surface area contributed by atoms with Crippen LogP contribution < -0.4 is 11.1 Å². The van der Waals surface area contributed by atoms with Crippen molar-refractivity contribution in [2.24, 2.45) is 10.7 Å². The number of halogens is 1. The highest BCUT2D eigenvalue weighted by atomic mass is 127. The van der Waals surface area contributed by atoms with Crippen molar-refractivity contribution in [2.75, 3.05) is 32.8 Å². The molecule has 0 spiro atoms. The summed E-state index contributed by atoms with van der Waals surface area (Å²) in [5, 5.41) is 3.17. The maximum absolute atomic E-state index is 5.88. The van der Waals surface area contributed by atoms with Crippen molar-refractivity contribution in [2.45, 2.75) is 44.8 Å². The Balaban J connectivity index is 0.00000180. The lowest BCUT2D eigenvalue weighted by molar-refractivity contribution is 0.114. The number of guanidine groups is 1. The van der Waals surface area contributed by atoms with E-state index >= 15 is 0 Å². The summed E-state index contributed by atoms with van der Waals surface area (Å²) in [6.07, 6.45) is 5.15. The monoisotopic (exact) mass is 382 g/mol. The van der Waals surface area contributed by atoms with Gasteiger partial charge in [-0.3, -0.25) is 9.89 Å². The summed E-state index contributed by atoms with van der Waals surface area (Å²) in [4.78, 5) is 6.93. The fourth-order valence-corrected chi connectivity index (χ4v) is 2.80. The fraction of sp³-hybridized carbons (Fsp3) is 0.923. The molecular weight excluding hydrogens is 355 g/mol. The molecule has 3 N–H and O–H groups in total. The van der Waals surface area contributed by atoms with E-state index in [-0.39, 0.29) is 24.0 Å². The average Bonchev–Trinajstić information content (AvgIpc) is 3.04. The highest BCUT2D eigenvalue weighted by Gasteiger charge is 2.22. The lowest BCUT2D eigenvalue weighted by atomic mass is 10.2. The Morgan fingerprint density at radius 2 is 2.26 bits per heavy atom. The maximum Gasteiger partial charge on any atom is 0.188 e. The molecule has 0 amide bonds. The summed E-state index contributed by atoms with van der Waals surface area (Å²) in [5.41, 5.74) is 5.88. The minimum absolute atomic E-state index is 0. The number of rotatable bonds is 5. The Labute approximate surface area is 133 Å². The minimum Gasteiger partial charge on any atom is -0.376 e. The summed E-state index contributed by atoms with van der Waals surface area (Å²) < 4.78 is 5.53. The second kappa shape index (κ2) is 8.97. The lowest BCUT2D eigenvalue weighted by Crippen LogP contribution is -2.39. The molecule has 19 heavy (non-hydrogen) atoms. The molecule has 0 aromatic heterocycles. The van der Waals surface area contributed by atoms with Crippen molar-refractivity contribution in [3.05, 3.63) is 0 Å². The second-order valence-electron chi connectivity index (χ2n) is 5.17. The van der Waals surface area contributed by atoms with Crippen LogP contribution in [-0.2, 0) is 4.74 Å². The molecule has 0 aromatic rings. The summed E-state index contributed by atoms with van der Waals surface area (Å²) in [5.74, 6) is 0.563. The second-order valence-corrected chi connectivity index (χ2v) is 5.17. The van der Waals surface area contributed by atoms with Gasteiger partial charge in [-0.1, -0.05) is 6.92 Å². The summed E-state index contributed by atoms with van der Waals surface area (Å²) >= 11 is 0. The number of likely N-dealkylation sites (tertiary alicyclic amines) is 1. The molecule has 2 atom stereocenters.